The average Bonchev–Trinajstić information content (AvgIpc) is 4.06. The smallest absolute Gasteiger partial charge is 0.0404 e. The van der Waals surface area contributed by atoms with E-state index in [0.717, 1.165) is 55.4 Å². The number of rotatable bonds is 10. The van der Waals surface area contributed by atoms with Gasteiger partial charge in [-0.2, -0.15) is 0 Å². The summed E-state index contributed by atoms with van der Waals surface area (Å²) in [6.45, 7) is 53.3. The van der Waals surface area contributed by atoms with Crippen LogP contribution in [0.15, 0.2) is 85.1 Å². The van der Waals surface area contributed by atoms with E-state index >= 15 is 0 Å². The van der Waals surface area contributed by atoms with Gasteiger partial charge in [0.05, 0.1) is 0 Å². The Bertz CT molecular complexity index is 1590. The van der Waals surface area contributed by atoms with Gasteiger partial charge < -0.3 is 9.80 Å². The van der Waals surface area contributed by atoms with Crippen molar-refractivity contribution in [1.82, 2.24) is 19.6 Å². The van der Waals surface area contributed by atoms with Gasteiger partial charge in [-0.05, 0) is 147 Å². The van der Waals surface area contributed by atoms with Gasteiger partial charge in [-0.15, -0.1) is 0 Å². The van der Waals surface area contributed by atoms with E-state index in [1.165, 1.54) is 41.6 Å². The summed E-state index contributed by atoms with van der Waals surface area (Å²) in [7, 11) is 0. The van der Waals surface area contributed by atoms with Gasteiger partial charge >= 0.3 is 0 Å². The quantitative estimate of drug-likeness (QED) is 0.220. The first-order valence-corrected chi connectivity index (χ1v) is 26.0. The number of anilines is 1. The molecule has 0 N–H and O–H groups in total. The largest absolute Gasteiger partial charge is 0.372 e. The molecule has 1 fully saturated rings. The summed E-state index contributed by atoms with van der Waals surface area (Å²) in [5.41, 5.74) is 7.43. The zero-order chi connectivity index (χ0) is 48.2. The molecule has 5 heterocycles. The molecule has 362 valence electrons. The highest BCUT2D eigenvalue weighted by molar-refractivity contribution is 5.60. The molecule has 2 aromatic carbocycles. The highest BCUT2D eigenvalue weighted by Crippen LogP contribution is 2.40. The standard InChI is InChI=1S/2C14H21N.C11H21N.2C10H19N/c1-10(2)14-13-8-6-5-7-12(13)9-15(14)11(3)4;1-10(2)14-9-12-7-5-6-8-13(12)15(14)11(3)4;1-8(2)11-6-10(5)7-12(11)9(3)4;2*1-8(2)10-6-5-7-11(10)9(3)4/h2*5-8,10-11,14H,9H2,1-4H3;8-9,11H,5-7H2,1-4H3;5,7-10H,6H2,1-4H3;5-6,8-10H,7H2,1-4H3/t2*14-;11-;10-;/m1000./s1. The summed E-state index contributed by atoms with van der Waals surface area (Å²) in [5.74, 6) is 3.69. The normalized spacial score (nSPS) is 23.2. The van der Waals surface area contributed by atoms with E-state index in [4.69, 9.17) is 0 Å². The van der Waals surface area contributed by atoms with Crippen LogP contribution in [-0.4, -0.2) is 87.1 Å². The number of para-hydroxylation sites is 1. The molecule has 0 saturated carbocycles. The fraction of sp³-hybridized carbons (Fsp3) is 0.695. The van der Waals surface area contributed by atoms with E-state index in [-0.39, 0.29) is 0 Å². The molecule has 2 aromatic rings. The minimum atomic E-state index is 0.598. The van der Waals surface area contributed by atoms with Crippen LogP contribution in [-0.2, 0) is 13.0 Å². The molecule has 5 atom stereocenters. The van der Waals surface area contributed by atoms with Crippen LogP contribution in [0.5, 0.6) is 0 Å². The van der Waals surface area contributed by atoms with Crippen LogP contribution >= 0.6 is 0 Å². The fourth-order valence-corrected chi connectivity index (χ4v) is 10.8. The van der Waals surface area contributed by atoms with E-state index in [0.29, 0.717) is 54.3 Å². The first kappa shape index (κ1) is 55.5. The van der Waals surface area contributed by atoms with Gasteiger partial charge in [-0.3, -0.25) is 14.7 Å². The number of hydrogen-bond acceptors (Lipinski definition) is 5. The second-order valence-electron chi connectivity index (χ2n) is 22.8. The summed E-state index contributed by atoms with van der Waals surface area (Å²) < 4.78 is 0. The van der Waals surface area contributed by atoms with E-state index in [9.17, 15) is 0 Å². The van der Waals surface area contributed by atoms with Gasteiger partial charge in [0.15, 0.2) is 0 Å². The lowest BCUT2D eigenvalue weighted by atomic mass is 9.95. The molecule has 64 heavy (non-hydrogen) atoms. The van der Waals surface area contributed by atoms with Crippen LogP contribution in [0, 0.1) is 29.6 Å². The van der Waals surface area contributed by atoms with Gasteiger partial charge in [0.25, 0.3) is 0 Å². The molecule has 0 amide bonds. The van der Waals surface area contributed by atoms with Crippen LogP contribution in [0.3, 0.4) is 0 Å². The van der Waals surface area contributed by atoms with Crippen molar-refractivity contribution in [2.75, 3.05) is 18.0 Å². The number of likely N-dealkylation sites (tertiary alicyclic amines) is 1. The molecule has 0 aliphatic carbocycles. The lowest BCUT2D eigenvalue weighted by molar-refractivity contribution is 0.132. The molecular weight excluding hydrogens is 779 g/mol. The molecule has 1 saturated heterocycles. The summed E-state index contributed by atoms with van der Waals surface area (Å²) >= 11 is 0. The number of hydrogen-bond donors (Lipinski definition) is 0. The third-order valence-electron chi connectivity index (χ3n) is 14.3. The second kappa shape index (κ2) is 25.9. The Hall–Kier alpha value is -2.86. The van der Waals surface area contributed by atoms with Crippen molar-refractivity contribution in [1.29, 1.82) is 0 Å². The maximum atomic E-state index is 4.08. The van der Waals surface area contributed by atoms with Crippen molar-refractivity contribution in [3.05, 3.63) is 102 Å². The summed E-state index contributed by atoms with van der Waals surface area (Å²) in [4.78, 5) is 12.7. The molecule has 5 aliphatic heterocycles. The SMILES string of the molecule is C=C1C[C@@H](C(C)C)N(C(C)C)C1.CC(C)C1C=CCN1C(C)C.CC(C)[C@@H]1CC=CN1C(C)C.CC(C)[C@@H]1Cc2ccccc2N1C(C)C.CC(C)[C@@H]1c2ccccc2CN1C(C)C. The molecule has 0 radical (unpaired) electrons. The summed E-state index contributed by atoms with van der Waals surface area (Å²) in [6.07, 6.45) is 12.8. The van der Waals surface area contributed by atoms with Crippen LogP contribution in [0.4, 0.5) is 5.69 Å². The highest BCUT2D eigenvalue weighted by atomic mass is 15.2. The first-order valence-electron chi connectivity index (χ1n) is 26.0. The highest BCUT2D eigenvalue weighted by Gasteiger charge is 2.34. The number of nitrogens with zero attached hydrogens (tertiary/aromatic N) is 5. The zero-order valence-electron chi connectivity index (χ0n) is 45.3. The van der Waals surface area contributed by atoms with Crippen LogP contribution in [0.1, 0.15) is 174 Å². The Labute approximate surface area is 397 Å². The predicted molar refractivity (Wildman–Crippen MR) is 284 cm³/mol. The third kappa shape index (κ3) is 15.1. The Balaban J connectivity index is 0.000000214. The molecule has 0 aromatic heterocycles. The Morgan fingerprint density at radius 3 is 1.48 bits per heavy atom. The third-order valence-corrected chi connectivity index (χ3v) is 14.3. The van der Waals surface area contributed by atoms with Crippen molar-refractivity contribution in [3.63, 3.8) is 0 Å². The second-order valence-corrected chi connectivity index (χ2v) is 22.8. The molecule has 1 unspecified atom stereocenters. The van der Waals surface area contributed by atoms with Gasteiger partial charge in [-0.25, -0.2) is 0 Å². The van der Waals surface area contributed by atoms with Gasteiger partial charge in [0.1, 0.15) is 0 Å². The van der Waals surface area contributed by atoms with E-state index < -0.39 is 0 Å². The van der Waals surface area contributed by atoms with Crippen molar-refractivity contribution in [2.24, 2.45) is 29.6 Å². The van der Waals surface area contributed by atoms with Gasteiger partial charge in [0.2, 0.25) is 0 Å². The van der Waals surface area contributed by atoms with Crippen molar-refractivity contribution >= 4 is 5.69 Å². The monoisotopic (exact) mass is 880 g/mol. The fourth-order valence-electron chi connectivity index (χ4n) is 10.8. The van der Waals surface area contributed by atoms with Gasteiger partial charge in [-0.1, -0.05) is 142 Å². The molecule has 0 spiro atoms. The molecule has 5 aliphatic rings. The van der Waals surface area contributed by atoms with Crippen LogP contribution in [0.25, 0.3) is 0 Å². The average molecular weight is 880 g/mol. The lowest BCUT2D eigenvalue weighted by Crippen LogP contribution is -2.40. The maximum Gasteiger partial charge on any atom is 0.0404 e. The predicted octanol–water partition coefficient (Wildman–Crippen LogP) is 14.7. The van der Waals surface area contributed by atoms with E-state index in [1.54, 1.807) is 5.56 Å². The summed E-state index contributed by atoms with van der Waals surface area (Å²) in [6, 6.07) is 24.4. The minimum Gasteiger partial charge on any atom is -0.372 e. The van der Waals surface area contributed by atoms with Crippen molar-refractivity contribution < 1.29 is 0 Å². The van der Waals surface area contributed by atoms with Crippen LogP contribution in [0.2, 0.25) is 0 Å². The number of fused-ring (bicyclic) bond motifs is 2. The molecular formula is C59H101N5. The van der Waals surface area contributed by atoms with E-state index in [1.807, 2.05) is 0 Å². The number of benzene rings is 2. The Kier molecular flexibility index (Phi) is 22.4. The molecule has 5 heteroatoms. The first-order chi connectivity index (χ1) is 30.0. The Morgan fingerprint density at radius 1 is 0.484 bits per heavy atom. The molecule has 0 bridgehead atoms. The Morgan fingerprint density at radius 2 is 1.03 bits per heavy atom. The zero-order valence-corrected chi connectivity index (χ0v) is 45.3. The van der Waals surface area contributed by atoms with E-state index in [2.05, 4.69) is 243 Å². The summed E-state index contributed by atoms with van der Waals surface area (Å²) in [5, 5.41) is 0. The van der Waals surface area contributed by atoms with Crippen molar-refractivity contribution in [3.8, 4) is 0 Å². The minimum absolute atomic E-state index is 0.598. The molecule has 5 nitrogen and oxygen atoms in total. The molecule has 7 rings (SSSR count). The maximum absolute atomic E-state index is 4.08. The van der Waals surface area contributed by atoms with Crippen molar-refractivity contribution in [2.45, 2.75) is 225 Å². The van der Waals surface area contributed by atoms with Gasteiger partial charge in [0, 0.05) is 85.7 Å². The topological polar surface area (TPSA) is 16.2 Å². The lowest BCUT2D eigenvalue weighted by Gasteiger charge is -2.34. The van der Waals surface area contributed by atoms with Crippen LogP contribution < -0.4 is 4.90 Å².